The first kappa shape index (κ1) is 16.9. The van der Waals surface area contributed by atoms with Gasteiger partial charge in [0.2, 0.25) is 0 Å². The van der Waals surface area contributed by atoms with Gasteiger partial charge in [-0.05, 0) is 55.7 Å². The van der Waals surface area contributed by atoms with Gasteiger partial charge in [-0.3, -0.25) is 4.79 Å². The summed E-state index contributed by atoms with van der Waals surface area (Å²) in [5.41, 5.74) is 2.39. The lowest BCUT2D eigenvalue weighted by molar-refractivity contribution is -0.122. The van der Waals surface area contributed by atoms with Crippen molar-refractivity contribution < 1.29 is 18.3 Å². The molecule has 1 amide bonds. The lowest BCUT2D eigenvalue weighted by Gasteiger charge is -2.18. The van der Waals surface area contributed by atoms with Gasteiger partial charge in [0, 0.05) is 11.8 Å². The van der Waals surface area contributed by atoms with Crippen molar-refractivity contribution in [3.05, 3.63) is 59.2 Å². The highest BCUT2D eigenvalue weighted by Crippen LogP contribution is 2.20. The van der Waals surface area contributed by atoms with Crippen LogP contribution in [0.3, 0.4) is 0 Å². The Labute approximate surface area is 134 Å². The molecule has 0 aromatic heterocycles. The standard InChI is InChI=1S/C18H19F2NO2/c1-4-17(23-14-7-5-11(2)12(3)9-14)18(22)21-13-6-8-15(19)16(20)10-13/h5-10,17H,4H2,1-3H3,(H,21,22)/t17-/m0/s1. The Balaban J connectivity index is 2.08. The number of benzene rings is 2. The van der Waals surface area contributed by atoms with Crippen LogP contribution in [-0.2, 0) is 4.79 Å². The van der Waals surface area contributed by atoms with Gasteiger partial charge in [0.1, 0.15) is 5.75 Å². The Bertz CT molecular complexity index is 716. The molecule has 0 aliphatic rings. The molecule has 2 rings (SSSR count). The van der Waals surface area contributed by atoms with Crippen molar-refractivity contribution in [2.45, 2.75) is 33.3 Å². The number of hydrogen-bond donors (Lipinski definition) is 1. The van der Waals surface area contributed by atoms with Gasteiger partial charge in [-0.2, -0.15) is 0 Å². The van der Waals surface area contributed by atoms with Crippen LogP contribution in [0.2, 0.25) is 0 Å². The topological polar surface area (TPSA) is 38.3 Å². The fourth-order valence-electron chi connectivity index (χ4n) is 2.07. The van der Waals surface area contributed by atoms with Crippen LogP contribution in [0.25, 0.3) is 0 Å². The summed E-state index contributed by atoms with van der Waals surface area (Å²) in [6.07, 6.45) is -0.271. The van der Waals surface area contributed by atoms with E-state index in [1.807, 2.05) is 32.9 Å². The summed E-state index contributed by atoms with van der Waals surface area (Å²) in [5.74, 6) is -1.77. The van der Waals surface area contributed by atoms with E-state index in [4.69, 9.17) is 4.74 Å². The van der Waals surface area contributed by atoms with E-state index in [1.165, 1.54) is 6.07 Å². The molecule has 122 valence electrons. The largest absolute Gasteiger partial charge is 0.481 e. The second-order valence-corrected chi connectivity index (χ2v) is 5.38. The molecule has 2 aromatic rings. The zero-order valence-corrected chi connectivity index (χ0v) is 13.3. The van der Waals surface area contributed by atoms with Gasteiger partial charge in [0.15, 0.2) is 17.7 Å². The molecule has 0 unspecified atom stereocenters. The first-order valence-electron chi connectivity index (χ1n) is 7.40. The third-order valence-electron chi connectivity index (χ3n) is 3.61. The van der Waals surface area contributed by atoms with E-state index in [0.29, 0.717) is 12.2 Å². The summed E-state index contributed by atoms with van der Waals surface area (Å²) in [7, 11) is 0. The second-order valence-electron chi connectivity index (χ2n) is 5.38. The molecule has 0 bridgehead atoms. The van der Waals surface area contributed by atoms with E-state index in [-0.39, 0.29) is 5.69 Å². The summed E-state index contributed by atoms with van der Waals surface area (Å²) in [6, 6.07) is 8.80. The maximum absolute atomic E-state index is 13.2. The molecule has 3 nitrogen and oxygen atoms in total. The number of carbonyl (C=O) groups is 1. The molecule has 0 aliphatic carbocycles. The van der Waals surface area contributed by atoms with Crippen molar-refractivity contribution in [1.29, 1.82) is 0 Å². The van der Waals surface area contributed by atoms with Gasteiger partial charge in [-0.15, -0.1) is 0 Å². The van der Waals surface area contributed by atoms with Crippen LogP contribution in [0.4, 0.5) is 14.5 Å². The predicted molar refractivity (Wildman–Crippen MR) is 85.6 cm³/mol. The Morgan fingerprint density at radius 3 is 2.43 bits per heavy atom. The van der Waals surface area contributed by atoms with Crippen molar-refractivity contribution in [3.8, 4) is 5.75 Å². The highest BCUT2D eigenvalue weighted by atomic mass is 19.2. The molecule has 0 heterocycles. The fraction of sp³-hybridized carbons (Fsp3) is 0.278. The van der Waals surface area contributed by atoms with E-state index in [0.717, 1.165) is 23.3 Å². The Morgan fingerprint density at radius 1 is 1.09 bits per heavy atom. The number of halogens is 2. The number of nitrogens with one attached hydrogen (secondary N) is 1. The molecule has 5 heteroatoms. The van der Waals surface area contributed by atoms with Crippen LogP contribution in [0, 0.1) is 25.5 Å². The zero-order valence-electron chi connectivity index (χ0n) is 13.3. The van der Waals surface area contributed by atoms with Gasteiger partial charge >= 0.3 is 0 Å². The number of hydrogen-bond acceptors (Lipinski definition) is 2. The first-order chi connectivity index (χ1) is 10.9. The normalized spacial score (nSPS) is 11.9. The molecule has 0 fully saturated rings. The van der Waals surface area contributed by atoms with Crippen LogP contribution in [-0.4, -0.2) is 12.0 Å². The third kappa shape index (κ3) is 4.28. The van der Waals surface area contributed by atoms with Crippen molar-refractivity contribution in [2.24, 2.45) is 0 Å². The Morgan fingerprint density at radius 2 is 1.83 bits per heavy atom. The summed E-state index contributed by atoms with van der Waals surface area (Å²) >= 11 is 0. The average Bonchev–Trinajstić information content (AvgIpc) is 2.52. The van der Waals surface area contributed by atoms with Gasteiger partial charge in [0.05, 0.1) is 0 Å². The molecule has 23 heavy (non-hydrogen) atoms. The van der Waals surface area contributed by atoms with E-state index in [2.05, 4.69) is 5.32 Å². The van der Waals surface area contributed by atoms with Crippen molar-refractivity contribution in [1.82, 2.24) is 0 Å². The number of rotatable bonds is 5. The van der Waals surface area contributed by atoms with Gasteiger partial charge in [0.25, 0.3) is 5.91 Å². The average molecular weight is 319 g/mol. The lowest BCUT2D eigenvalue weighted by Crippen LogP contribution is -2.32. The molecular formula is C18H19F2NO2. The Kier molecular flexibility index (Phi) is 5.32. The molecule has 1 atom stereocenters. The maximum Gasteiger partial charge on any atom is 0.265 e. The number of aryl methyl sites for hydroxylation is 2. The first-order valence-corrected chi connectivity index (χ1v) is 7.40. The second kappa shape index (κ2) is 7.22. The summed E-state index contributed by atoms with van der Waals surface area (Å²) < 4.78 is 31.8. The number of carbonyl (C=O) groups excluding carboxylic acids is 1. The quantitative estimate of drug-likeness (QED) is 0.888. The highest BCUT2D eigenvalue weighted by Gasteiger charge is 2.19. The summed E-state index contributed by atoms with van der Waals surface area (Å²) in [4.78, 5) is 12.2. The molecule has 1 N–H and O–H groups in total. The molecular weight excluding hydrogens is 300 g/mol. The van der Waals surface area contributed by atoms with Crippen LogP contribution in [0.1, 0.15) is 24.5 Å². The minimum Gasteiger partial charge on any atom is -0.481 e. The van der Waals surface area contributed by atoms with Crippen LogP contribution >= 0.6 is 0 Å². The zero-order chi connectivity index (χ0) is 17.0. The van der Waals surface area contributed by atoms with Crippen LogP contribution in [0.5, 0.6) is 5.75 Å². The lowest BCUT2D eigenvalue weighted by atomic mass is 10.1. The van der Waals surface area contributed by atoms with Crippen molar-refractivity contribution in [2.75, 3.05) is 5.32 Å². The third-order valence-corrected chi connectivity index (χ3v) is 3.61. The summed E-state index contributed by atoms with van der Waals surface area (Å²) in [5, 5.41) is 2.54. The SMILES string of the molecule is CC[C@H](Oc1ccc(C)c(C)c1)C(=O)Nc1ccc(F)c(F)c1. The smallest absolute Gasteiger partial charge is 0.265 e. The van der Waals surface area contributed by atoms with E-state index >= 15 is 0 Å². The van der Waals surface area contributed by atoms with Crippen LogP contribution < -0.4 is 10.1 Å². The van der Waals surface area contributed by atoms with E-state index < -0.39 is 23.6 Å². The van der Waals surface area contributed by atoms with Gasteiger partial charge < -0.3 is 10.1 Å². The predicted octanol–water partition coefficient (Wildman–Crippen LogP) is 4.38. The minimum absolute atomic E-state index is 0.191. The molecule has 0 aliphatic heterocycles. The minimum atomic E-state index is -1.01. The molecule has 0 saturated carbocycles. The molecule has 0 spiro atoms. The summed E-state index contributed by atoms with van der Waals surface area (Å²) in [6.45, 7) is 5.77. The van der Waals surface area contributed by atoms with Crippen molar-refractivity contribution >= 4 is 11.6 Å². The van der Waals surface area contributed by atoms with E-state index in [1.54, 1.807) is 6.07 Å². The highest BCUT2D eigenvalue weighted by molar-refractivity contribution is 5.94. The molecule has 0 saturated heterocycles. The fourth-order valence-corrected chi connectivity index (χ4v) is 2.07. The Hall–Kier alpha value is -2.43. The molecule has 0 radical (unpaired) electrons. The number of anilines is 1. The van der Waals surface area contributed by atoms with Gasteiger partial charge in [-0.1, -0.05) is 13.0 Å². The van der Waals surface area contributed by atoms with Gasteiger partial charge in [-0.25, -0.2) is 8.78 Å². The number of amides is 1. The van der Waals surface area contributed by atoms with Crippen molar-refractivity contribution in [3.63, 3.8) is 0 Å². The maximum atomic E-state index is 13.2. The monoisotopic (exact) mass is 319 g/mol. The van der Waals surface area contributed by atoms with Crippen LogP contribution in [0.15, 0.2) is 36.4 Å². The number of ether oxygens (including phenoxy) is 1. The van der Waals surface area contributed by atoms with E-state index in [9.17, 15) is 13.6 Å². The molecule has 2 aromatic carbocycles.